The van der Waals surface area contributed by atoms with Crippen molar-refractivity contribution in [1.29, 1.82) is 0 Å². The Hall–Kier alpha value is -1.11. The van der Waals surface area contributed by atoms with Crippen LogP contribution in [0, 0.1) is 5.92 Å². The third-order valence-corrected chi connectivity index (χ3v) is 6.06. The molecule has 1 unspecified atom stereocenters. The Morgan fingerprint density at radius 1 is 1.33 bits per heavy atom. The van der Waals surface area contributed by atoms with Gasteiger partial charge in [0.05, 0.1) is 10.6 Å². The van der Waals surface area contributed by atoms with Gasteiger partial charge in [-0.25, -0.2) is 0 Å². The van der Waals surface area contributed by atoms with Crippen LogP contribution in [0.4, 0.5) is 0 Å². The standard InChI is InChI=1S/C17H26N4OS.ClH/c1-10(2)15-13-9-14(23-17(13)20(4)19-15)16(22)21-7-5-12(6-8-21)11(3)18;/h9-12H,5-8,18H2,1-4H3;1H. The number of aromatic nitrogens is 2. The van der Waals surface area contributed by atoms with Crippen molar-refractivity contribution in [3.05, 3.63) is 16.6 Å². The highest BCUT2D eigenvalue weighted by molar-refractivity contribution is 7.20. The second-order valence-electron chi connectivity index (χ2n) is 6.98. The molecule has 1 saturated heterocycles. The van der Waals surface area contributed by atoms with Crippen LogP contribution >= 0.6 is 23.7 Å². The first-order valence-corrected chi connectivity index (χ1v) is 9.21. The van der Waals surface area contributed by atoms with E-state index in [-0.39, 0.29) is 24.4 Å². The second kappa shape index (κ2) is 7.42. The number of hydrogen-bond donors (Lipinski definition) is 1. The summed E-state index contributed by atoms with van der Waals surface area (Å²) in [4.78, 5) is 16.7. The van der Waals surface area contributed by atoms with Crippen LogP contribution in [0.3, 0.4) is 0 Å². The maximum atomic E-state index is 12.8. The lowest BCUT2D eigenvalue weighted by molar-refractivity contribution is 0.0686. The molecule has 2 aromatic rings. The summed E-state index contributed by atoms with van der Waals surface area (Å²) in [5.41, 5.74) is 7.06. The van der Waals surface area contributed by atoms with Crippen molar-refractivity contribution < 1.29 is 4.79 Å². The number of amides is 1. The van der Waals surface area contributed by atoms with Gasteiger partial charge < -0.3 is 10.6 Å². The Kier molecular flexibility index (Phi) is 5.94. The summed E-state index contributed by atoms with van der Waals surface area (Å²) in [7, 11) is 1.95. The van der Waals surface area contributed by atoms with Gasteiger partial charge in [-0.05, 0) is 37.7 Å². The van der Waals surface area contributed by atoms with Crippen LogP contribution in [-0.2, 0) is 7.05 Å². The summed E-state index contributed by atoms with van der Waals surface area (Å²) in [5, 5.41) is 5.71. The first-order chi connectivity index (χ1) is 10.9. The second-order valence-corrected chi connectivity index (χ2v) is 8.01. The van der Waals surface area contributed by atoms with E-state index in [4.69, 9.17) is 5.73 Å². The van der Waals surface area contributed by atoms with Gasteiger partial charge in [0.2, 0.25) is 0 Å². The number of fused-ring (bicyclic) bond motifs is 1. The van der Waals surface area contributed by atoms with Gasteiger partial charge in [0.25, 0.3) is 5.91 Å². The zero-order valence-corrected chi connectivity index (χ0v) is 16.4. The third kappa shape index (κ3) is 3.46. The molecular formula is C17H27ClN4OS. The number of nitrogens with zero attached hydrogens (tertiary/aromatic N) is 3. The summed E-state index contributed by atoms with van der Waals surface area (Å²) < 4.78 is 1.90. The molecule has 0 saturated carbocycles. The number of rotatable bonds is 3. The molecule has 2 aromatic heterocycles. The first-order valence-electron chi connectivity index (χ1n) is 8.39. The lowest BCUT2D eigenvalue weighted by Crippen LogP contribution is -2.42. The Labute approximate surface area is 153 Å². The van der Waals surface area contributed by atoms with Crippen LogP contribution in [0.25, 0.3) is 10.2 Å². The lowest BCUT2D eigenvalue weighted by Gasteiger charge is -2.33. The fourth-order valence-corrected chi connectivity index (χ4v) is 4.43. The molecule has 7 heteroatoms. The van der Waals surface area contributed by atoms with Crippen LogP contribution in [0.2, 0.25) is 0 Å². The van der Waals surface area contributed by atoms with Crippen LogP contribution in [0.15, 0.2) is 6.07 Å². The van der Waals surface area contributed by atoms with Crippen molar-refractivity contribution in [3.8, 4) is 0 Å². The molecule has 0 bridgehead atoms. The predicted molar refractivity (Wildman–Crippen MR) is 102 cm³/mol. The molecule has 1 fully saturated rings. The van der Waals surface area contributed by atoms with Crippen molar-refractivity contribution in [2.45, 2.75) is 45.6 Å². The van der Waals surface area contributed by atoms with Crippen LogP contribution in [0.1, 0.15) is 54.9 Å². The molecule has 24 heavy (non-hydrogen) atoms. The van der Waals surface area contributed by atoms with Crippen molar-refractivity contribution in [2.24, 2.45) is 18.7 Å². The minimum Gasteiger partial charge on any atom is -0.338 e. The molecule has 0 aliphatic carbocycles. The van der Waals surface area contributed by atoms with Crippen LogP contribution < -0.4 is 5.73 Å². The van der Waals surface area contributed by atoms with E-state index in [1.165, 1.54) is 0 Å². The molecule has 1 amide bonds. The highest BCUT2D eigenvalue weighted by Gasteiger charge is 2.27. The number of piperidine rings is 1. The number of aryl methyl sites for hydroxylation is 1. The average Bonchev–Trinajstić information content (AvgIpc) is 3.07. The summed E-state index contributed by atoms with van der Waals surface area (Å²) in [6, 6.07) is 2.25. The van der Waals surface area contributed by atoms with Crippen LogP contribution in [-0.4, -0.2) is 39.7 Å². The molecule has 0 radical (unpaired) electrons. The van der Waals surface area contributed by atoms with E-state index in [1.54, 1.807) is 11.3 Å². The third-order valence-electron chi connectivity index (χ3n) is 4.87. The molecule has 1 aliphatic heterocycles. The number of carbonyl (C=O) groups is 1. The largest absolute Gasteiger partial charge is 0.338 e. The molecule has 5 nitrogen and oxygen atoms in total. The highest BCUT2D eigenvalue weighted by Crippen LogP contribution is 2.32. The Morgan fingerprint density at radius 3 is 2.50 bits per heavy atom. The van der Waals surface area contributed by atoms with E-state index in [0.29, 0.717) is 11.8 Å². The quantitative estimate of drug-likeness (QED) is 0.900. The van der Waals surface area contributed by atoms with Crippen molar-refractivity contribution >= 4 is 39.9 Å². The molecule has 0 spiro atoms. The minimum atomic E-state index is 0. The smallest absolute Gasteiger partial charge is 0.264 e. The number of thiophene rings is 1. The van der Waals surface area contributed by atoms with Gasteiger partial charge in [0.1, 0.15) is 4.83 Å². The molecule has 1 atom stereocenters. The van der Waals surface area contributed by atoms with E-state index >= 15 is 0 Å². The summed E-state index contributed by atoms with van der Waals surface area (Å²) in [6.07, 6.45) is 2.01. The Morgan fingerprint density at radius 2 is 1.96 bits per heavy atom. The van der Waals surface area contributed by atoms with Crippen molar-refractivity contribution in [2.75, 3.05) is 13.1 Å². The summed E-state index contributed by atoms with van der Waals surface area (Å²) in [5.74, 6) is 1.06. The van der Waals surface area contributed by atoms with E-state index in [2.05, 4.69) is 25.9 Å². The highest BCUT2D eigenvalue weighted by atomic mass is 35.5. The zero-order chi connectivity index (χ0) is 16.7. The number of carbonyl (C=O) groups excluding carboxylic acids is 1. The number of nitrogens with two attached hydrogens (primary N) is 1. The monoisotopic (exact) mass is 370 g/mol. The Bertz CT molecular complexity index is 714. The number of likely N-dealkylation sites (tertiary alicyclic amines) is 1. The number of halogens is 1. The zero-order valence-electron chi connectivity index (χ0n) is 14.8. The molecule has 3 heterocycles. The molecule has 3 rings (SSSR count). The van der Waals surface area contributed by atoms with Gasteiger partial charge in [0.15, 0.2) is 0 Å². The molecule has 2 N–H and O–H groups in total. The molecule has 134 valence electrons. The molecule has 1 aliphatic rings. The SMILES string of the molecule is CC(C)c1nn(C)c2sc(C(=O)N3CCC(C(C)N)CC3)cc12.Cl. The maximum absolute atomic E-state index is 12.8. The summed E-state index contributed by atoms with van der Waals surface area (Å²) >= 11 is 1.56. The number of hydrogen-bond acceptors (Lipinski definition) is 4. The van der Waals surface area contributed by atoms with E-state index in [1.807, 2.05) is 22.7 Å². The van der Waals surface area contributed by atoms with E-state index in [0.717, 1.165) is 46.7 Å². The summed E-state index contributed by atoms with van der Waals surface area (Å²) in [6.45, 7) is 7.97. The van der Waals surface area contributed by atoms with Crippen LogP contribution in [0.5, 0.6) is 0 Å². The van der Waals surface area contributed by atoms with Gasteiger partial charge >= 0.3 is 0 Å². The average molecular weight is 371 g/mol. The van der Waals surface area contributed by atoms with Gasteiger partial charge in [-0.2, -0.15) is 5.10 Å². The van der Waals surface area contributed by atoms with E-state index in [9.17, 15) is 4.79 Å². The molecular weight excluding hydrogens is 344 g/mol. The fourth-order valence-electron chi connectivity index (χ4n) is 3.38. The fraction of sp³-hybridized carbons (Fsp3) is 0.647. The van der Waals surface area contributed by atoms with E-state index < -0.39 is 0 Å². The lowest BCUT2D eigenvalue weighted by atomic mass is 9.91. The van der Waals surface area contributed by atoms with Gasteiger partial charge in [-0.15, -0.1) is 23.7 Å². The first kappa shape index (κ1) is 19.2. The topological polar surface area (TPSA) is 64.2 Å². The van der Waals surface area contributed by atoms with Crippen molar-refractivity contribution in [1.82, 2.24) is 14.7 Å². The normalized spacial score (nSPS) is 17.3. The maximum Gasteiger partial charge on any atom is 0.264 e. The minimum absolute atomic E-state index is 0. The molecule has 0 aromatic carbocycles. The Balaban J connectivity index is 0.00000208. The van der Waals surface area contributed by atoms with Crippen molar-refractivity contribution in [3.63, 3.8) is 0 Å². The van der Waals surface area contributed by atoms with Gasteiger partial charge in [0, 0.05) is 31.6 Å². The van der Waals surface area contributed by atoms with Gasteiger partial charge in [-0.3, -0.25) is 9.48 Å². The predicted octanol–water partition coefficient (Wildman–Crippen LogP) is 3.38. The van der Waals surface area contributed by atoms with Gasteiger partial charge in [-0.1, -0.05) is 13.8 Å².